The molecule has 2 atom stereocenters. The Morgan fingerprint density at radius 2 is 1.90 bits per heavy atom. The number of anilines is 1. The Labute approximate surface area is 177 Å². The van der Waals surface area contributed by atoms with E-state index < -0.39 is 29.5 Å². The molecule has 0 bridgehead atoms. The lowest BCUT2D eigenvalue weighted by molar-refractivity contribution is 0.240. The molecular formula is C22H22F3N5O. The first-order valence-electron chi connectivity index (χ1n) is 9.87. The van der Waals surface area contributed by atoms with Crippen molar-refractivity contribution in [2.24, 2.45) is 12.8 Å². The number of urea groups is 1. The van der Waals surface area contributed by atoms with Crippen LogP contribution < -0.4 is 16.0 Å². The minimum Gasteiger partial charge on any atom is -0.367 e. The Hall–Kier alpha value is -3.49. The molecule has 0 unspecified atom stereocenters. The number of hydrogen-bond acceptors (Lipinski definition) is 3. The van der Waals surface area contributed by atoms with Gasteiger partial charge in [-0.2, -0.15) is 5.10 Å². The van der Waals surface area contributed by atoms with Crippen molar-refractivity contribution in [3.63, 3.8) is 0 Å². The van der Waals surface area contributed by atoms with E-state index in [1.807, 2.05) is 4.90 Å². The minimum absolute atomic E-state index is 0.270. The molecule has 2 heterocycles. The number of carbonyl (C=O) groups excluding carboxylic acids is 1. The molecule has 2 aromatic carbocycles. The molecule has 0 saturated carbocycles. The summed E-state index contributed by atoms with van der Waals surface area (Å²) in [6.45, 7) is 0.743. The van der Waals surface area contributed by atoms with Gasteiger partial charge in [0.1, 0.15) is 5.82 Å². The van der Waals surface area contributed by atoms with Gasteiger partial charge in [-0.3, -0.25) is 4.68 Å². The monoisotopic (exact) mass is 429 g/mol. The minimum atomic E-state index is -0.950. The number of rotatable bonds is 4. The predicted octanol–water partition coefficient (Wildman–Crippen LogP) is 3.54. The van der Waals surface area contributed by atoms with Crippen LogP contribution in [0, 0.1) is 17.5 Å². The van der Waals surface area contributed by atoms with Gasteiger partial charge >= 0.3 is 6.03 Å². The number of primary amides is 1. The number of nitrogens with one attached hydrogen (secondary N) is 1. The van der Waals surface area contributed by atoms with Crippen molar-refractivity contribution >= 4 is 11.7 Å². The number of nitrogens with zero attached hydrogens (tertiary/aromatic N) is 3. The van der Waals surface area contributed by atoms with Crippen LogP contribution in [0.2, 0.25) is 0 Å². The van der Waals surface area contributed by atoms with Crippen LogP contribution in [0.3, 0.4) is 0 Å². The van der Waals surface area contributed by atoms with Gasteiger partial charge in [0.25, 0.3) is 0 Å². The summed E-state index contributed by atoms with van der Waals surface area (Å²) in [7, 11) is 1.79. The molecule has 31 heavy (non-hydrogen) atoms. The molecule has 0 spiro atoms. The molecule has 3 N–H and O–H groups in total. The topological polar surface area (TPSA) is 76.2 Å². The van der Waals surface area contributed by atoms with Gasteiger partial charge in [-0.15, -0.1) is 0 Å². The number of aryl methyl sites for hydroxylation is 1. The highest BCUT2D eigenvalue weighted by Crippen LogP contribution is 2.33. The van der Waals surface area contributed by atoms with Gasteiger partial charge < -0.3 is 16.0 Å². The van der Waals surface area contributed by atoms with Crippen molar-refractivity contribution in [3.05, 3.63) is 71.7 Å². The summed E-state index contributed by atoms with van der Waals surface area (Å²) >= 11 is 0. The number of carbonyl (C=O) groups is 1. The highest BCUT2D eigenvalue weighted by atomic mass is 19.2. The number of halogens is 3. The Kier molecular flexibility index (Phi) is 5.58. The summed E-state index contributed by atoms with van der Waals surface area (Å²) in [6.07, 6.45) is 2.28. The second kappa shape index (κ2) is 8.33. The summed E-state index contributed by atoms with van der Waals surface area (Å²) in [5.41, 5.74) is 7.60. The molecule has 0 aliphatic carbocycles. The van der Waals surface area contributed by atoms with Gasteiger partial charge in [0.2, 0.25) is 0 Å². The van der Waals surface area contributed by atoms with E-state index >= 15 is 0 Å². The number of amides is 2. The fourth-order valence-corrected chi connectivity index (χ4v) is 4.13. The van der Waals surface area contributed by atoms with E-state index in [4.69, 9.17) is 5.73 Å². The van der Waals surface area contributed by atoms with Crippen LogP contribution in [0.25, 0.3) is 11.3 Å². The smallest absolute Gasteiger partial charge is 0.312 e. The first-order valence-corrected chi connectivity index (χ1v) is 9.87. The molecule has 1 fully saturated rings. The number of nitrogens with two attached hydrogens (primary N) is 1. The lowest BCUT2D eigenvalue weighted by atomic mass is 9.85. The average Bonchev–Trinajstić information content (AvgIpc) is 3.16. The molecule has 1 aliphatic rings. The number of piperidine rings is 1. The molecule has 2 amide bonds. The SMILES string of the molecule is Cn1ccc(-c2ccc(N3CC[C@H](c4ccc(F)c(F)c4)[C@H](NC(N)=O)C3)c(F)c2)n1. The van der Waals surface area contributed by atoms with Crippen LogP contribution in [-0.2, 0) is 7.05 Å². The zero-order valence-corrected chi connectivity index (χ0v) is 16.9. The van der Waals surface area contributed by atoms with Gasteiger partial charge in [0.05, 0.1) is 17.4 Å². The van der Waals surface area contributed by atoms with Crippen LogP contribution in [0.1, 0.15) is 17.9 Å². The maximum Gasteiger partial charge on any atom is 0.312 e. The number of hydrogen-bond donors (Lipinski definition) is 2. The molecule has 9 heteroatoms. The third-order valence-corrected chi connectivity index (χ3v) is 5.61. The Balaban J connectivity index is 1.58. The molecule has 6 nitrogen and oxygen atoms in total. The highest BCUT2D eigenvalue weighted by Gasteiger charge is 2.32. The number of aromatic nitrogens is 2. The first-order chi connectivity index (χ1) is 14.8. The summed E-state index contributed by atoms with van der Waals surface area (Å²) in [5.74, 6) is -2.58. The van der Waals surface area contributed by atoms with E-state index in [-0.39, 0.29) is 12.5 Å². The van der Waals surface area contributed by atoms with Gasteiger partial charge in [-0.05, 0) is 42.3 Å². The van der Waals surface area contributed by atoms with Crippen LogP contribution >= 0.6 is 0 Å². The summed E-state index contributed by atoms with van der Waals surface area (Å²) in [4.78, 5) is 13.4. The van der Waals surface area contributed by atoms with Gasteiger partial charge in [0.15, 0.2) is 11.6 Å². The second-order valence-electron chi connectivity index (χ2n) is 7.67. The van der Waals surface area contributed by atoms with Crippen molar-refractivity contribution in [1.82, 2.24) is 15.1 Å². The van der Waals surface area contributed by atoms with Crippen LogP contribution in [0.15, 0.2) is 48.7 Å². The van der Waals surface area contributed by atoms with Crippen molar-refractivity contribution in [2.75, 3.05) is 18.0 Å². The molecule has 1 saturated heterocycles. The first kappa shape index (κ1) is 20.8. The standard InChI is InChI=1S/C22H22F3N5O/c1-29-8-7-19(28-29)14-3-5-21(18(25)11-14)30-9-6-15(20(12-30)27-22(26)31)13-2-4-16(23)17(24)10-13/h2-5,7-8,10-11,15,20H,6,9,12H2,1H3,(H3,26,27,31)/t15-,20-/m1/s1. The third-order valence-electron chi connectivity index (χ3n) is 5.61. The Bertz CT molecular complexity index is 1120. The lowest BCUT2D eigenvalue weighted by Crippen LogP contribution is -2.53. The normalized spacial score (nSPS) is 18.8. The fraction of sp³-hybridized carbons (Fsp3) is 0.273. The maximum absolute atomic E-state index is 15.0. The van der Waals surface area contributed by atoms with Crippen LogP contribution in [0.5, 0.6) is 0 Å². The molecule has 3 aromatic rings. The largest absolute Gasteiger partial charge is 0.367 e. The van der Waals surface area contributed by atoms with Crippen LogP contribution in [0.4, 0.5) is 23.7 Å². The summed E-state index contributed by atoms with van der Waals surface area (Å²) in [5, 5.41) is 6.95. The molecule has 4 rings (SSSR count). The van der Waals surface area contributed by atoms with Gasteiger partial charge in [-0.25, -0.2) is 18.0 Å². The maximum atomic E-state index is 15.0. The third kappa shape index (κ3) is 4.35. The quantitative estimate of drug-likeness (QED) is 0.666. The number of benzene rings is 2. The van der Waals surface area contributed by atoms with E-state index in [1.165, 1.54) is 12.1 Å². The van der Waals surface area contributed by atoms with E-state index in [1.54, 1.807) is 36.1 Å². The highest BCUT2D eigenvalue weighted by molar-refractivity contribution is 5.72. The van der Waals surface area contributed by atoms with Crippen LogP contribution in [-0.4, -0.2) is 34.9 Å². The Morgan fingerprint density at radius 3 is 2.55 bits per heavy atom. The van der Waals surface area contributed by atoms with Crippen molar-refractivity contribution in [1.29, 1.82) is 0 Å². The molecule has 162 valence electrons. The van der Waals surface area contributed by atoms with Crippen molar-refractivity contribution in [3.8, 4) is 11.3 Å². The Morgan fingerprint density at radius 1 is 1.10 bits per heavy atom. The van der Waals surface area contributed by atoms with Gasteiger partial charge in [-0.1, -0.05) is 12.1 Å². The zero-order chi connectivity index (χ0) is 22.1. The van der Waals surface area contributed by atoms with Crippen molar-refractivity contribution < 1.29 is 18.0 Å². The predicted molar refractivity (Wildman–Crippen MR) is 111 cm³/mol. The average molecular weight is 429 g/mol. The molecule has 0 radical (unpaired) electrons. The molecular weight excluding hydrogens is 407 g/mol. The van der Waals surface area contributed by atoms with Crippen molar-refractivity contribution in [2.45, 2.75) is 18.4 Å². The molecule has 1 aliphatic heterocycles. The fourth-order valence-electron chi connectivity index (χ4n) is 4.13. The van der Waals surface area contributed by atoms with Gasteiger partial charge in [0, 0.05) is 37.8 Å². The lowest BCUT2D eigenvalue weighted by Gasteiger charge is -2.40. The molecule has 1 aromatic heterocycles. The zero-order valence-electron chi connectivity index (χ0n) is 16.9. The van der Waals surface area contributed by atoms with E-state index in [0.29, 0.717) is 35.5 Å². The van der Waals surface area contributed by atoms with E-state index in [0.717, 1.165) is 12.1 Å². The second-order valence-corrected chi connectivity index (χ2v) is 7.67. The van der Waals surface area contributed by atoms with E-state index in [9.17, 15) is 18.0 Å². The van der Waals surface area contributed by atoms with E-state index in [2.05, 4.69) is 10.4 Å². The summed E-state index contributed by atoms with van der Waals surface area (Å²) < 4.78 is 43.7. The summed E-state index contributed by atoms with van der Waals surface area (Å²) in [6, 6.07) is 9.16.